The summed E-state index contributed by atoms with van der Waals surface area (Å²) >= 11 is 1.60. The van der Waals surface area contributed by atoms with E-state index in [4.69, 9.17) is 4.74 Å². The van der Waals surface area contributed by atoms with Crippen LogP contribution >= 0.6 is 11.3 Å². The number of rotatable bonds is 6. The number of nitrogens with one attached hydrogen (secondary N) is 1. The number of esters is 1. The monoisotopic (exact) mass is 317 g/mol. The Hall–Kier alpha value is -2.14. The Balaban J connectivity index is 1.75. The first kappa shape index (κ1) is 16.2. The molecule has 1 N–H and O–H groups in total. The van der Waals surface area contributed by atoms with Crippen LogP contribution in [0.5, 0.6) is 0 Å². The Kier molecular flexibility index (Phi) is 5.72. The molecule has 2 aromatic rings. The van der Waals surface area contributed by atoms with Gasteiger partial charge in [-0.3, -0.25) is 9.59 Å². The smallest absolute Gasteiger partial charge is 0.306 e. The summed E-state index contributed by atoms with van der Waals surface area (Å²) in [7, 11) is 0. The highest BCUT2D eigenvalue weighted by Gasteiger charge is 2.10. The van der Waals surface area contributed by atoms with E-state index in [9.17, 15) is 9.59 Å². The lowest BCUT2D eigenvalue weighted by molar-refractivity contribution is -0.147. The van der Waals surface area contributed by atoms with Crippen molar-refractivity contribution in [3.63, 3.8) is 0 Å². The molecule has 1 aromatic heterocycles. The Morgan fingerprint density at radius 1 is 1.23 bits per heavy atom. The molecule has 1 heterocycles. The van der Waals surface area contributed by atoms with E-state index in [1.54, 1.807) is 11.3 Å². The lowest BCUT2D eigenvalue weighted by Crippen LogP contribution is -2.21. The number of hydrogen-bond donors (Lipinski definition) is 1. The Morgan fingerprint density at radius 3 is 2.77 bits per heavy atom. The van der Waals surface area contributed by atoms with Crippen molar-refractivity contribution in [1.82, 2.24) is 0 Å². The summed E-state index contributed by atoms with van der Waals surface area (Å²) in [6.45, 7) is 3.67. The SMILES string of the molecule is Cc1cccc(NC(=O)COC(=O)CCc2ccsc2)c1C. The first-order chi connectivity index (χ1) is 10.6. The van der Waals surface area contributed by atoms with Crippen molar-refractivity contribution in [3.05, 3.63) is 51.7 Å². The highest BCUT2D eigenvalue weighted by atomic mass is 32.1. The molecule has 116 valence electrons. The molecule has 0 aliphatic heterocycles. The van der Waals surface area contributed by atoms with Crippen LogP contribution in [0.15, 0.2) is 35.0 Å². The molecule has 1 aromatic carbocycles. The molecule has 5 heteroatoms. The number of benzene rings is 1. The second-order valence-corrected chi connectivity index (χ2v) is 5.87. The molecule has 1 amide bonds. The lowest BCUT2D eigenvalue weighted by Gasteiger charge is -2.10. The fourth-order valence-corrected chi connectivity index (χ4v) is 2.68. The average molecular weight is 317 g/mol. The maximum absolute atomic E-state index is 11.8. The van der Waals surface area contributed by atoms with Crippen LogP contribution in [-0.4, -0.2) is 18.5 Å². The van der Waals surface area contributed by atoms with Crippen LogP contribution in [0.4, 0.5) is 5.69 Å². The summed E-state index contributed by atoms with van der Waals surface area (Å²) in [6.07, 6.45) is 0.925. The highest BCUT2D eigenvalue weighted by Crippen LogP contribution is 2.17. The normalized spacial score (nSPS) is 10.3. The van der Waals surface area contributed by atoms with E-state index >= 15 is 0 Å². The van der Waals surface area contributed by atoms with Gasteiger partial charge in [-0.15, -0.1) is 0 Å². The standard InChI is InChI=1S/C17H19NO3S/c1-12-4-3-5-15(13(12)2)18-16(19)10-21-17(20)7-6-14-8-9-22-11-14/h3-5,8-9,11H,6-7,10H2,1-2H3,(H,18,19). The number of thiophene rings is 1. The van der Waals surface area contributed by atoms with E-state index in [1.165, 1.54) is 0 Å². The van der Waals surface area contributed by atoms with E-state index in [-0.39, 0.29) is 24.9 Å². The van der Waals surface area contributed by atoms with Crippen LogP contribution in [-0.2, 0) is 20.7 Å². The molecule has 2 rings (SSSR count). The summed E-state index contributed by atoms with van der Waals surface area (Å²) < 4.78 is 5.00. The molecule has 0 aliphatic carbocycles. The van der Waals surface area contributed by atoms with Crippen molar-refractivity contribution >= 4 is 28.9 Å². The van der Waals surface area contributed by atoms with Gasteiger partial charge in [0, 0.05) is 12.1 Å². The number of hydrogen-bond acceptors (Lipinski definition) is 4. The van der Waals surface area contributed by atoms with Gasteiger partial charge in [0.1, 0.15) is 0 Å². The summed E-state index contributed by atoms with van der Waals surface area (Å²) in [5.41, 5.74) is 3.98. The highest BCUT2D eigenvalue weighted by molar-refractivity contribution is 7.07. The largest absolute Gasteiger partial charge is 0.456 e. The lowest BCUT2D eigenvalue weighted by atomic mass is 10.1. The molecule has 22 heavy (non-hydrogen) atoms. The number of carbonyl (C=O) groups is 2. The first-order valence-electron chi connectivity index (χ1n) is 7.09. The molecule has 0 bridgehead atoms. The predicted molar refractivity (Wildman–Crippen MR) is 88.1 cm³/mol. The molecule has 0 unspecified atom stereocenters. The van der Waals surface area contributed by atoms with Crippen LogP contribution in [0, 0.1) is 13.8 Å². The number of amides is 1. The molecule has 0 radical (unpaired) electrons. The fraction of sp³-hybridized carbons (Fsp3) is 0.294. The third-order valence-electron chi connectivity index (χ3n) is 3.44. The van der Waals surface area contributed by atoms with E-state index in [1.807, 2.05) is 48.9 Å². The number of anilines is 1. The second-order valence-electron chi connectivity index (χ2n) is 5.09. The fourth-order valence-electron chi connectivity index (χ4n) is 1.97. The zero-order chi connectivity index (χ0) is 15.9. The van der Waals surface area contributed by atoms with Gasteiger partial charge in [0.2, 0.25) is 0 Å². The molecular weight excluding hydrogens is 298 g/mol. The summed E-state index contributed by atoms with van der Waals surface area (Å²) in [5, 5.41) is 6.73. The van der Waals surface area contributed by atoms with Crippen LogP contribution in [0.3, 0.4) is 0 Å². The van der Waals surface area contributed by atoms with Crippen molar-refractivity contribution in [2.24, 2.45) is 0 Å². The van der Waals surface area contributed by atoms with Crippen LogP contribution in [0.1, 0.15) is 23.1 Å². The molecule has 4 nitrogen and oxygen atoms in total. The van der Waals surface area contributed by atoms with Crippen LogP contribution in [0.25, 0.3) is 0 Å². The quantitative estimate of drug-likeness (QED) is 0.830. The average Bonchev–Trinajstić information content (AvgIpc) is 3.01. The maximum Gasteiger partial charge on any atom is 0.306 e. The van der Waals surface area contributed by atoms with Gasteiger partial charge in [-0.2, -0.15) is 11.3 Å². The van der Waals surface area contributed by atoms with Crippen LogP contribution in [0.2, 0.25) is 0 Å². The Bertz CT molecular complexity index is 650. The first-order valence-corrected chi connectivity index (χ1v) is 8.03. The number of carbonyl (C=O) groups excluding carboxylic acids is 2. The zero-order valence-electron chi connectivity index (χ0n) is 12.7. The second kappa shape index (κ2) is 7.75. The van der Waals surface area contributed by atoms with Crippen molar-refractivity contribution in [2.75, 3.05) is 11.9 Å². The summed E-state index contributed by atoms with van der Waals surface area (Å²) in [6, 6.07) is 7.67. The maximum atomic E-state index is 11.8. The van der Waals surface area contributed by atoms with Gasteiger partial charge < -0.3 is 10.1 Å². The van der Waals surface area contributed by atoms with Crippen molar-refractivity contribution in [1.29, 1.82) is 0 Å². The zero-order valence-corrected chi connectivity index (χ0v) is 13.5. The topological polar surface area (TPSA) is 55.4 Å². The Labute approximate surface area is 134 Å². The predicted octanol–water partition coefficient (Wildman–Crippen LogP) is 3.48. The van der Waals surface area contributed by atoms with E-state index in [0.717, 1.165) is 22.4 Å². The molecule has 0 saturated heterocycles. The molecule has 0 atom stereocenters. The molecular formula is C17H19NO3S. The molecule has 0 saturated carbocycles. The third-order valence-corrected chi connectivity index (χ3v) is 4.17. The van der Waals surface area contributed by atoms with Crippen molar-refractivity contribution in [2.45, 2.75) is 26.7 Å². The minimum absolute atomic E-state index is 0.254. The van der Waals surface area contributed by atoms with Crippen molar-refractivity contribution < 1.29 is 14.3 Å². The summed E-state index contributed by atoms with van der Waals surface area (Å²) in [4.78, 5) is 23.4. The van der Waals surface area contributed by atoms with E-state index in [2.05, 4.69) is 5.32 Å². The van der Waals surface area contributed by atoms with E-state index in [0.29, 0.717) is 6.42 Å². The van der Waals surface area contributed by atoms with Crippen LogP contribution < -0.4 is 5.32 Å². The van der Waals surface area contributed by atoms with Gasteiger partial charge in [-0.05, 0) is 59.9 Å². The van der Waals surface area contributed by atoms with E-state index < -0.39 is 0 Å². The van der Waals surface area contributed by atoms with Gasteiger partial charge in [0.25, 0.3) is 5.91 Å². The summed E-state index contributed by atoms with van der Waals surface area (Å²) in [5.74, 6) is -0.681. The molecule has 0 aliphatic rings. The molecule has 0 spiro atoms. The third kappa shape index (κ3) is 4.70. The van der Waals surface area contributed by atoms with Gasteiger partial charge in [-0.25, -0.2) is 0 Å². The van der Waals surface area contributed by atoms with Gasteiger partial charge in [0.15, 0.2) is 6.61 Å². The minimum atomic E-state index is -0.359. The Morgan fingerprint density at radius 2 is 2.05 bits per heavy atom. The molecule has 0 fully saturated rings. The van der Waals surface area contributed by atoms with Gasteiger partial charge in [-0.1, -0.05) is 12.1 Å². The van der Waals surface area contributed by atoms with Crippen molar-refractivity contribution in [3.8, 4) is 0 Å². The minimum Gasteiger partial charge on any atom is -0.456 e. The van der Waals surface area contributed by atoms with Gasteiger partial charge in [0.05, 0.1) is 0 Å². The number of aryl methyl sites for hydroxylation is 2. The number of ether oxygens (including phenoxy) is 1. The van der Waals surface area contributed by atoms with Gasteiger partial charge >= 0.3 is 5.97 Å².